The highest BCUT2D eigenvalue weighted by Crippen LogP contribution is 2.12. The van der Waals surface area contributed by atoms with Gasteiger partial charge in [-0.1, -0.05) is 12.1 Å². The first-order valence-electron chi connectivity index (χ1n) is 6.65. The van der Waals surface area contributed by atoms with Gasteiger partial charge in [-0.05, 0) is 24.1 Å². The fraction of sp³-hybridized carbons (Fsp3) is 0.500. The summed E-state index contributed by atoms with van der Waals surface area (Å²) in [7, 11) is 1.19. The Hall–Kier alpha value is -1.60. The van der Waals surface area contributed by atoms with Gasteiger partial charge < -0.3 is 10.1 Å². The maximum atomic E-state index is 11.6. The Bertz CT molecular complexity index is 570. The molecule has 0 aromatic heterocycles. The summed E-state index contributed by atoms with van der Waals surface area (Å²) in [4.78, 5) is 11.6. The maximum Gasteiger partial charge on any atom is 0.221 e. The summed E-state index contributed by atoms with van der Waals surface area (Å²) in [5, 5.41) is 2.72. The van der Waals surface area contributed by atoms with Crippen molar-refractivity contribution in [2.45, 2.75) is 12.8 Å². The van der Waals surface area contributed by atoms with E-state index in [4.69, 9.17) is 4.74 Å². The number of carbonyl (C=O) groups excluding carboxylic acids is 1. The van der Waals surface area contributed by atoms with Gasteiger partial charge in [0.15, 0.2) is 0 Å². The molecule has 0 heterocycles. The summed E-state index contributed by atoms with van der Waals surface area (Å²) in [6, 6.07) is 7.60. The van der Waals surface area contributed by atoms with E-state index >= 15 is 0 Å². The zero-order valence-electron chi connectivity index (χ0n) is 12.6. The molecular weight excluding hydrogens is 292 g/mol. The number of hydrogen-bond acceptors (Lipinski definition) is 4. The molecule has 0 radical (unpaired) electrons. The number of benzene rings is 1. The molecule has 0 atom stereocenters. The molecule has 21 heavy (non-hydrogen) atoms. The van der Waals surface area contributed by atoms with Crippen LogP contribution in [0.15, 0.2) is 24.3 Å². The fourth-order valence-corrected chi connectivity index (χ4v) is 2.48. The molecule has 0 aliphatic carbocycles. The van der Waals surface area contributed by atoms with Gasteiger partial charge in [-0.3, -0.25) is 4.79 Å². The number of methoxy groups -OCH3 is 1. The highest BCUT2D eigenvalue weighted by molar-refractivity contribution is 7.89. The second-order valence-electron chi connectivity index (χ2n) is 4.80. The lowest BCUT2D eigenvalue weighted by Gasteiger charge is -2.11. The zero-order chi connectivity index (χ0) is 15.9. The van der Waals surface area contributed by atoms with E-state index < -0.39 is 10.0 Å². The number of ether oxygens (including phenoxy) is 1. The minimum atomic E-state index is -3.32. The van der Waals surface area contributed by atoms with Crippen LogP contribution in [0.2, 0.25) is 0 Å². The molecule has 1 aromatic rings. The van der Waals surface area contributed by atoms with Crippen molar-refractivity contribution in [3.8, 4) is 5.75 Å². The second kappa shape index (κ2) is 7.99. The third-order valence-corrected chi connectivity index (χ3v) is 4.85. The molecule has 1 aromatic carbocycles. The van der Waals surface area contributed by atoms with Gasteiger partial charge in [0.05, 0.1) is 12.9 Å². The molecule has 0 spiro atoms. The summed E-state index contributed by atoms with van der Waals surface area (Å²) in [5.41, 5.74) is 1.05. The minimum Gasteiger partial charge on any atom is -0.497 e. The molecule has 0 fully saturated rings. The van der Waals surface area contributed by atoms with Crippen molar-refractivity contribution in [3.05, 3.63) is 29.8 Å². The van der Waals surface area contributed by atoms with Crippen molar-refractivity contribution in [3.63, 3.8) is 0 Å². The van der Waals surface area contributed by atoms with E-state index in [0.717, 1.165) is 15.6 Å². The lowest BCUT2D eigenvalue weighted by molar-refractivity contribution is -0.120. The van der Waals surface area contributed by atoms with Gasteiger partial charge in [-0.15, -0.1) is 0 Å². The van der Waals surface area contributed by atoms with Crippen molar-refractivity contribution in [1.82, 2.24) is 9.62 Å². The number of rotatable bonds is 8. The molecule has 118 valence electrons. The lowest BCUT2D eigenvalue weighted by Crippen LogP contribution is -2.31. The molecule has 0 saturated heterocycles. The Balaban J connectivity index is 2.34. The first-order chi connectivity index (χ1) is 9.85. The first kappa shape index (κ1) is 17.5. The largest absolute Gasteiger partial charge is 0.497 e. The summed E-state index contributed by atoms with van der Waals surface area (Å²) in [6.45, 7) is 0.466. The summed E-state index contributed by atoms with van der Waals surface area (Å²) in [6.07, 6.45) is 0.641. The predicted octanol–water partition coefficient (Wildman–Crippen LogP) is 0.635. The summed E-state index contributed by atoms with van der Waals surface area (Å²) in [5.74, 6) is 0.338. The normalized spacial score (nSPS) is 11.4. The molecule has 6 nitrogen and oxygen atoms in total. The van der Waals surface area contributed by atoms with Gasteiger partial charge in [0.2, 0.25) is 15.9 Å². The minimum absolute atomic E-state index is 0.0291. The van der Waals surface area contributed by atoms with Gasteiger partial charge in [-0.25, -0.2) is 12.7 Å². The zero-order valence-corrected chi connectivity index (χ0v) is 13.4. The van der Waals surface area contributed by atoms with Crippen LogP contribution >= 0.6 is 0 Å². The van der Waals surface area contributed by atoms with Crippen LogP contribution in [0.4, 0.5) is 0 Å². The van der Waals surface area contributed by atoms with Crippen molar-refractivity contribution in [2.75, 3.05) is 33.5 Å². The van der Waals surface area contributed by atoms with Gasteiger partial charge in [0.1, 0.15) is 5.75 Å². The van der Waals surface area contributed by atoms with Crippen molar-refractivity contribution in [1.29, 1.82) is 0 Å². The molecule has 1 rings (SSSR count). The van der Waals surface area contributed by atoms with Crippen LogP contribution in [0.25, 0.3) is 0 Å². The Morgan fingerprint density at radius 1 is 1.33 bits per heavy atom. The molecule has 0 unspecified atom stereocenters. The van der Waals surface area contributed by atoms with Crippen LogP contribution in [0.5, 0.6) is 5.75 Å². The van der Waals surface area contributed by atoms with E-state index in [9.17, 15) is 13.2 Å². The van der Waals surface area contributed by atoms with Crippen LogP contribution in [0, 0.1) is 0 Å². The SMILES string of the molecule is COc1cccc(CCNC(=O)CCS(=O)(=O)N(C)C)c1. The molecule has 0 bridgehead atoms. The third kappa shape index (κ3) is 6.14. The van der Waals surface area contributed by atoms with E-state index in [-0.39, 0.29) is 18.1 Å². The molecule has 0 saturated carbocycles. The standard InChI is InChI=1S/C14H22N2O4S/c1-16(2)21(18,19)10-8-14(17)15-9-7-12-5-4-6-13(11-12)20-3/h4-6,11H,7-10H2,1-3H3,(H,15,17). The second-order valence-corrected chi connectivity index (χ2v) is 7.10. The van der Waals surface area contributed by atoms with Gasteiger partial charge in [-0.2, -0.15) is 0 Å². The third-order valence-electron chi connectivity index (χ3n) is 3.01. The van der Waals surface area contributed by atoms with E-state index in [0.29, 0.717) is 13.0 Å². The lowest BCUT2D eigenvalue weighted by atomic mass is 10.1. The average Bonchev–Trinajstić information content (AvgIpc) is 2.45. The molecule has 1 amide bonds. The molecule has 7 heteroatoms. The van der Waals surface area contributed by atoms with Crippen LogP contribution in [-0.2, 0) is 21.2 Å². The molecule has 0 aliphatic heterocycles. The summed E-state index contributed by atoms with van der Waals surface area (Å²) < 4.78 is 29.3. The van der Waals surface area contributed by atoms with E-state index in [2.05, 4.69) is 5.32 Å². The number of carbonyl (C=O) groups is 1. The van der Waals surface area contributed by atoms with Crippen molar-refractivity contribution < 1.29 is 17.9 Å². The molecule has 0 aliphatic rings. The fourth-order valence-electron chi connectivity index (χ4n) is 1.67. The Morgan fingerprint density at radius 2 is 2.05 bits per heavy atom. The van der Waals surface area contributed by atoms with Crippen molar-refractivity contribution >= 4 is 15.9 Å². The van der Waals surface area contributed by atoms with E-state index in [1.807, 2.05) is 24.3 Å². The van der Waals surface area contributed by atoms with Gasteiger partial charge in [0, 0.05) is 27.1 Å². The quantitative estimate of drug-likeness (QED) is 0.764. The maximum absolute atomic E-state index is 11.6. The number of sulfonamides is 1. The van der Waals surface area contributed by atoms with Gasteiger partial charge >= 0.3 is 0 Å². The van der Waals surface area contributed by atoms with Crippen LogP contribution in [0.1, 0.15) is 12.0 Å². The number of nitrogens with zero attached hydrogens (tertiary/aromatic N) is 1. The molecule has 1 N–H and O–H groups in total. The Kier molecular flexibility index (Phi) is 6.64. The number of hydrogen-bond donors (Lipinski definition) is 1. The van der Waals surface area contributed by atoms with Gasteiger partial charge in [0.25, 0.3) is 0 Å². The Morgan fingerprint density at radius 3 is 2.67 bits per heavy atom. The van der Waals surface area contributed by atoms with Crippen LogP contribution in [0.3, 0.4) is 0 Å². The molecular formula is C14H22N2O4S. The summed E-state index contributed by atoms with van der Waals surface area (Å²) >= 11 is 0. The highest BCUT2D eigenvalue weighted by Gasteiger charge is 2.15. The average molecular weight is 314 g/mol. The smallest absolute Gasteiger partial charge is 0.221 e. The van der Waals surface area contributed by atoms with Crippen LogP contribution < -0.4 is 10.1 Å². The Labute approximate surface area is 126 Å². The number of nitrogens with one attached hydrogen (secondary N) is 1. The number of amides is 1. The van der Waals surface area contributed by atoms with Crippen molar-refractivity contribution in [2.24, 2.45) is 0 Å². The predicted molar refractivity (Wildman–Crippen MR) is 81.8 cm³/mol. The van der Waals surface area contributed by atoms with E-state index in [1.54, 1.807) is 7.11 Å². The topological polar surface area (TPSA) is 75.7 Å². The van der Waals surface area contributed by atoms with Crippen LogP contribution in [-0.4, -0.2) is 52.1 Å². The first-order valence-corrected chi connectivity index (χ1v) is 8.26. The van der Waals surface area contributed by atoms with E-state index in [1.165, 1.54) is 14.1 Å². The highest BCUT2D eigenvalue weighted by atomic mass is 32.2. The monoisotopic (exact) mass is 314 g/mol.